The number of allylic oxidation sites excluding steroid dienone is 1. The van der Waals surface area contributed by atoms with Crippen LogP contribution >= 0.6 is 0 Å². The number of nitrogens with zero attached hydrogens (tertiary/aromatic N) is 1. The molecule has 5 aliphatic rings. The van der Waals surface area contributed by atoms with Crippen molar-refractivity contribution in [1.29, 1.82) is 0 Å². The third-order valence-electron chi connectivity index (χ3n) is 8.94. The average Bonchev–Trinajstić information content (AvgIpc) is 3.01. The number of piperidine rings is 1. The van der Waals surface area contributed by atoms with E-state index < -0.39 is 0 Å². The average molecular weight is 329 g/mol. The van der Waals surface area contributed by atoms with Crippen molar-refractivity contribution in [2.75, 3.05) is 19.7 Å². The summed E-state index contributed by atoms with van der Waals surface area (Å²) < 4.78 is 0. The van der Waals surface area contributed by atoms with Crippen molar-refractivity contribution in [2.45, 2.75) is 64.8 Å². The van der Waals surface area contributed by atoms with Gasteiger partial charge in [-0.3, -0.25) is 9.69 Å². The third kappa shape index (κ3) is 1.55. The fraction of sp³-hybridized carbons (Fsp3) is 0.857. The largest absolute Gasteiger partial charge is 0.396 e. The zero-order valence-corrected chi connectivity index (χ0v) is 15.2. The molecule has 0 aromatic rings. The number of aliphatic hydroxyl groups excluding tert-OH is 1. The van der Waals surface area contributed by atoms with Crippen LogP contribution in [0.5, 0.6) is 0 Å². The lowest BCUT2D eigenvalue weighted by atomic mass is 9.45. The Balaban J connectivity index is 1.74. The summed E-state index contributed by atoms with van der Waals surface area (Å²) >= 11 is 0. The molecule has 0 aromatic carbocycles. The van der Waals surface area contributed by atoms with Gasteiger partial charge in [0.05, 0.1) is 5.41 Å². The molecule has 24 heavy (non-hydrogen) atoms. The minimum atomic E-state index is -0.185. The molecule has 1 N–H and O–H groups in total. The Morgan fingerprint density at radius 1 is 1.29 bits per heavy atom. The minimum absolute atomic E-state index is 0.143. The van der Waals surface area contributed by atoms with Gasteiger partial charge in [-0.2, -0.15) is 0 Å². The summed E-state index contributed by atoms with van der Waals surface area (Å²) in [5.41, 5.74) is 2.90. The second kappa shape index (κ2) is 4.94. The van der Waals surface area contributed by atoms with Gasteiger partial charge in [0.15, 0.2) is 0 Å². The molecule has 1 spiro atoms. The lowest BCUT2D eigenvalue weighted by Crippen LogP contribution is -2.64. The van der Waals surface area contributed by atoms with Gasteiger partial charge in [-0.1, -0.05) is 25.0 Å². The molecule has 5 rings (SSSR count). The first-order valence-corrected chi connectivity index (χ1v) is 10.1. The van der Waals surface area contributed by atoms with Gasteiger partial charge in [0, 0.05) is 37.1 Å². The lowest BCUT2D eigenvalue weighted by molar-refractivity contribution is -0.157. The summed E-state index contributed by atoms with van der Waals surface area (Å²) in [6.07, 6.45) is 7.63. The molecule has 0 radical (unpaired) electrons. The Hall–Kier alpha value is -0.670. The highest BCUT2D eigenvalue weighted by Gasteiger charge is 2.72. The highest BCUT2D eigenvalue weighted by Crippen LogP contribution is 2.71. The van der Waals surface area contributed by atoms with Crippen molar-refractivity contribution in [3.8, 4) is 0 Å². The van der Waals surface area contributed by atoms with E-state index in [0.717, 1.165) is 38.6 Å². The molecule has 0 unspecified atom stereocenters. The normalized spacial score (nSPS) is 50.2. The number of fused-ring (bicyclic) bond motifs is 1. The smallest absolute Gasteiger partial charge is 0.147 e. The molecule has 3 heteroatoms. The number of carbonyl (C=O) groups is 1. The highest BCUT2D eigenvalue weighted by atomic mass is 16.3. The monoisotopic (exact) mass is 329 g/mol. The van der Waals surface area contributed by atoms with Crippen LogP contribution in [0, 0.1) is 28.6 Å². The maximum atomic E-state index is 13.9. The van der Waals surface area contributed by atoms with Crippen molar-refractivity contribution in [2.24, 2.45) is 28.6 Å². The van der Waals surface area contributed by atoms with Gasteiger partial charge in [0.2, 0.25) is 0 Å². The summed E-state index contributed by atoms with van der Waals surface area (Å²) in [6.45, 7) is 7.38. The molecular formula is C21H31NO2. The number of Topliss-reactive ketones (excluding diaryl/α,β-unsaturated/α-hetero) is 1. The number of hydrogen-bond donors (Lipinski definition) is 1. The highest BCUT2D eigenvalue weighted by molar-refractivity contribution is 5.93. The first kappa shape index (κ1) is 15.6. The predicted molar refractivity (Wildman–Crippen MR) is 93.5 cm³/mol. The van der Waals surface area contributed by atoms with Crippen LogP contribution in [0.25, 0.3) is 0 Å². The summed E-state index contributed by atoms with van der Waals surface area (Å²) in [6, 6.07) is 0.614. The molecule has 132 valence electrons. The van der Waals surface area contributed by atoms with Crippen LogP contribution in [0.3, 0.4) is 0 Å². The molecule has 4 fully saturated rings. The van der Waals surface area contributed by atoms with Gasteiger partial charge in [0.25, 0.3) is 0 Å². The Kier molecular flexibility index (Phi) is 3.21. The molecule has 3 nitrogen and oxygen atoms in total. The molecule has 2 heterocycles. The third-order valence-corrected chi connectivity index (χ3v) is 8.94. The second-order valence-electron chi connectivity index (χ2n) is 9.49. The molecule has 3 aliphatic carbocycles. The predicted octanol–water partition coefficient (Wildman–Crippen LogP) is 3.17. The van der Waals surface area contributed by atoms with Crippen LogP contribution < -0.4 is 0 Å². The Morgan fingerprint density at radius 2 is 2.12 bits per heavy atom. The minimum Gasteiger partial charge on any atom is -0.396 e. The first-order valence-electron chi connectivity index (χ1n) is 10.1. The number of aliphatic hydroxyl groups is 1. The van der Waals surface area contributed by atoms with E-state index in [1.165, 1.54) is 30.5 Å². The van der Waals surface area contributed by atoms with E-state index in [0.29, 0.717) is 23.7 Å². The van der Waals surface area contributed by atoms with E-state index in [4.69, 9.17) is 0 Å². The number of carbonyl (C=O) groups excluding carboxylic acids is 1. The quantitative estimate of drug-likeness (QED) is 0.791. The standard InChI is InChI=1S/C21H31NO2/c1-13-11-22-12-15-4-3-5-17-14(7-9-23)6-8-21(17)19(24)16(13)10-18(22)20(15,21)2/h13,15-16,18,23H,3-12H2,1-2H3/t13-,15-,16-,18-,20-,21+/m1/s1. The Bertz CT molecular complexity index is 625. The van der Waals surface area contributed by atoms with E-state index in [-0.39, 0.29) is 23.4 Å². The molecule has 6 atom stereocenters. The molecule has 2 saturated heterocycles. The summed E-state index contributed by atoms with van der Waals surface area (Å²) in [4.78, 5) is 16.7. The fourth-order valence-corrected chi connectivity index (χ4v) is 7.92. The number of ketones is 1. The molecule has 2 saturated carbocycles. The SMILES string of the molecule is C[C@@H]1CN2C[C@H]3CCCC4=C(CCO)CC[C@@]45C(=O)[C@@H]1C[C@@H]2[C@@]35C. The molecule has 2 bridgehead atoms. The summed E-state index contributed by atoms with van der Waals surface area (Å²) in [7, 11) is 0. The summed E-state index contributed by atoms with van der Waals surface area (Å²) in [5.74, 6) is 2.07. The zero-order valence-electron chi connectivity index (χ0n) is 15.2. The van der Waals surface area contributed by atoms with Gasteiger partial charge in [0.1, 0.15) is 5.78 Å². The van der Waals surface area contributed by atoms with E-state index in [2.05, 4.69) is 18.7 Å². The second-order valence-corrected chi connectivity index (χ2v) is 9.49. The first-order chi connectivity index (χ1) is 11.5. The van der Waals surface area contributed by atoms with E-state index in [1.807, 2.05) is 0 Å². The Morgan fingerprint density at radius 3 is 2.92 bits per heavy atom. The molecule has 0 aromatic heterocycles. The fourth-order valence-electron chi connectivity index (χ4n) is 7.92. The zero-order chi connectivity index (χ0) is 16.7. The van der Waals surface area contributed by atoms with Crippen LogP contribution in [-0.4, -0.2) is 41.5 Å². The molecule has 2 aliphatic heterocycles. The topological polar surface area (TPSA) is 40.5 Å². The van der Waals surface area contributed by atoms with E-state index in [1.54, 1.807) is 0 Å². The van der Waals surface area contributed by atoms with Crippen LogP contribution in [0.2, 0.25) is 0 Å². The van der Waals surface area contributed by atoms with Crippen molar-refractivity contribution in [3.05, 3.63) is 11.1 Å². The van der Waals surface area contributed by atoms with Gasteiger partial charge >= 0.3 is 0 Å². The lowest BCUT2D eigenvalue weighted by Gasteiger charge is -2.59. The van der Waals surface area contributed by atoms with Crippen LogP contribution in [-0.2, 0) is 4.79 Å². The van der Waals surface area contributed by atoms with Crippen molar-refractivity contribution >= 4 is 5.78 Å². The van der Waals surface area contributed by atoms with Gasteiger partial charge in [-0.25, -0.2) is 0 Å². The maximum Gasteiger partial charge on any atom is 0.147 e. The van der Waals surface area contributed by atoms with E-state index >= 15 is 0 Å². The van der Waals surface area contributed by atoms with Crippen LogP contribution in [0.4, 0.5) is 0 Å². The van der Waals surface area contributed by atoms with Crippen molar-refractivity contribution < 1.29 is 9.90 Å². The Labute approximate surface area is 145 Å². The molecular weight excluding hydrogens is 298 g/mol. The molecule has 0 amide bonds. The van der Waals surface area contributed by atoms with Crippen LogP contribution in [0.15, 0.2) is 11.1 Å². The van der Waals surface area contributed by atoms with Crippen molar-refractivity contribution in [1.82, 2.24) is 4.90 Å². The number of hydrogen-bond acceptors (Lipinski definition) is 3. The van der Waals surface area contributed by atoms with Crippen LogP contribution in [0.1, 0.15) is 58.8 Å². The summed E-state index contributed by atoms with van der Waals surface area (Å²) in [5, 5.41) is 9.55. The van der Waals surface area contributed by atoms with E-state index in [9.17, 15) is 9.90 Å². The van der Waals surface area contributed by atoms with Gasteiger partial charge in [-0.05, 0) is 56.8 Å². The van der Waals surface area contributed by atoms with Gasteiger partial charge in [-0.15, -0.1) is 0 Å². The van der Waals surface area contributed by atoms with Gasteiger partial charge < -0.3 is 5.11 Å². The maximum absolute atomic E-state index is 13.9. The van der Waals surface area contributed by atoms with Crippen molar-refractivity contribution in [3.63, 3.8) is 0 Å². The number of rotatable bonds is 2.